The Morgan fingerprint density at radius 2 is 2.15 bits per heavy atom. The largest absolute Gasteiger partial charge is 0.274 e. The number of hydrogen-bond donors (Lipinski definition) is 0. The van der Waals surface area contributed by atoms with Gasteiger partial charge in [-0.25, -0.2) is 17.1 Å². The van der Waals surface area contributed by atoms with Gasteiger partial charge in [0.15, 0.2) is 0 Å². The normalized spacial score (nSPS) is 12.8. The summed E-state index contributed by atoms with van der Waals surface area (Å²) in [5.41, 5.74) is -0.127. The number of amides is 1. The summed E-state index contributed by atoms with van der Waals surface area (Å²) in [6.07, 6.45) is 1.12. The summed E-state index contributed by atoms with van der Waals surface area (Å²) in [7, 11) is -4.12. The standard InChI is InChI=1S/C12H12Cl2FNO3S/c1-3-10(7-13)20(18,19)16(8(2)17)12-5-4-9(15)6-11(12)14/h3-6,10H,1,7H2,2H3. The van der Waals surface area contributed by atoms with Crippen molar-refractivity contribution in [2.45, 2.75) is 12.2 Å². The van der Waals surface area contributed by atoms with Crippen LogP contribution in [0, 0.1) is 5.82 Å². The second-order valence-corrected chi connectivity index (χ2v) is 6.57. The fourth-order valence-electron chi connectivity index (χ4n) is 1.53. The third-order valence-corrected chi connectivity index (χ3v) is 5.37. The number of rotatable bonds is 5. The van der Waals surface area contributed by atoms with Crippen molar-refractivity contribution in [3.8, 4) is 0 Å². The second-order valence-electron chi connectivity index (χ2n) is 3.85. The van der Waals surface area contributed by atoms with Gasteiger partial charge in [0.25, 0.3) is 0 Å². The van der Waals surface area contributed by atoms with E-state index in [0.717, 1.165) is 31.2 Å². The number of benzene rings is 1. The fraction of sp³-hybridized carbons (Fsp3) is 0.250. The van der Waals surface area contributed by atoms with Crippen LogP contribution in [0.25, 0.3) is 0 Å². The highest BCUT2D eigenvalue weighted by Crippen LogP contribution is 2.30. The molecule has 1 amide bonds. The zero-order valence-corrected chi connectivity index (χ0v) is 12.8. The van der Waals surface area contributed by atoms with Crippen LogP contribution in [-0.2, 0) is 14.8 Å². The lowest BCUT2D eigenvalue weighted by atomic mass is 10.3. The zero-order valence-electron chi connectivity index (χ0n) is 10.5. The van der Waals surface area contributed by atoms with Crippen molar-refractivity contribution >= 4 is 44.8 Å². The number of anilines is 1. The molecule has 0 aliphatic carbocycles. The Balaban J connectivity index is 3.46. The van der Waals surface area contributed by atoms with E-state index in [1.807, 2.05) is 0 Å². The zero-order chi connectivity index (χ0) is 15.5. The van der Waals surface area contributed by atoms with Crippen LogP contribution < -0.4 is 4.31 Å². The third kappa shape index (κ3) is 3.31. The molecular weight excluding hydrogens is 328 g/mol. The first-order valence-corrected chi connectivity index (χ1v) is 7.85. The lowest BCUT2D eigenvalue weighted by Gasteiger charge is -2.25. The van der Waals surface area contributed by atoms with Gasteiger partial charge in [-0.2, -0.15) is 0 Å². The molecule has 1 aromatic rings. The molecule has 0 aromatic heterocycles. The summed E-state index contributed by atoms with van der Waals surface area (Å²) >= 11 is 11.4. The highest BCUT2D eigenvalue weighted by molar-refractivity contribution is 7.94. The van der Waals surface area contributed by atoms with Gasteiger partial charge >= 0.3 is 0 Å². The van der Waals surface area contributed by atoms with E-state index in [9.17, 15) is 17.6 Å². The number of carbonyl (C=O) groups excluding carboxylic acids is 1. The van der Waals surface area contributed by atoms with E-state index in [0.29, 0.717) is 4.31 Å². The van der Waals surface area contributed by atoms with E-state index < -0.39 is 27.0 Å². The van der Waals surface area contributed by atoms with Crippen molar-refractivity contribution in [3.63, 3.8) is 0 Å². The Bertz CT molecular complexity index is 634. The highest BCUT2D eigenvalue weighted by Gasteiger charge is 2.34. The lowest BCUT2D eigenvalue weighted by molar-refractivity contribution is -0.115. The first-order chi connectivity index (χ1) is 9.25. The Kier molecular flexibility index (Phi) is 5.56. The van der Waals surface area contributed by atoms with E-state index >= 15 is 0 Å². The summed E-state index contributed by atoms with van der Waals surface area (Å²) in [6, 6.07) is 3.05. The Morgan fingerprint density at radius 1 is 1.55 bits per heavy atom. The van der Waals surface area contributed by atoms with Crippen LogP contribution in [0.1, 0.15) is 6.92 Å². The molecule has 1 aromatic carbocycles. The highest BCUT2D eigenvalue weighted by atomic mass is 35.5. The van der Waals surface area contributed by atoms with Crippen molar-refractivity contribution in [3.05, 3.63) is 41.7 Å². The van der Waals surface area contributed by atoms with Crippen LogP contribution in [0.4, 0.5) is 10.1 Å². The molecule has 0 radical (unpaired) electrons. The molecule has 0 bridgehead atoms. The molecule has 110 valence electrons. The van der Waals surface area contributed by atoms with Gasteiger partial charge in [0.1, 0.15) is 11.1 Å². The van der Waals surface area contributed by atoms with Gasteiger partial charge in [0, 0.05) is 12.8 Å². The van der Waals surface area contributed by atoms with Gasteiger partial charge < -0.3 is 0 Å². The fourth-order valence-corrected chi connectivity index (χ4v) is 3.90. The number of nitrogens with zero attached hydrogens (tertiary/aromatic N) is 1. The second kappa shape index (κ2) is 6.56. The first-order valence-electron chi connectivity index (χ1n) is 5.44. The minimum Gasteiger partial charge on any atom is -0.274 e. The molecule has 0 aliphatic heterocycles. The Hall–Kier alpha value is -1.11. The van der Waals surface area contributed by atoms with Crippen LogP contribution in [0.3, 0.4) is 0 Å². The number of carbonyl (C=O) groups is 1. The van der Waals surface area contributed by atoms with Gasteiger partial charge in [-0.1, -0.05) is 17.7 Å². The van der Waals surface area contributed by atoms with Crippen LogP contribution in [-0.4, -0.2) is 25.5 Å². The topological polar surface area (TPSA) is 54.5 Å². The molecule has 0 saturated heterocycles. The molecule has 0 aliphatic rings. The van der Waals surface area contributed by atoms with E-state index in [4.69, 9.17) is 23.2 Å². The molecule has 0 fully saturated rings. The van der Waals surface area contributed by atoms with Gasteiger partial charge in [0.05, 0.1) is 10.7 Å². The van der Waals surface area contributed by atoms with E-state index in [-0.39, 0.29) is 16.6 Å². The lowest BCUT2D eigenvalue weighted by Crippen LogP contribution is -2.42. The average Bonchev–Trinajstić information content (AvgIpc) is 2.32. The summed E-state index contributed by atoms with van der Waals surface area (Å²) < 4.78 is 38.3. The maximum Gasteiger partial charge on any atom is 0.249 e. The summed E-state index contributed by atoms with van der Waals surface area (Å²) in [4.78, 5) is 11.7. The van der Waals surface area contributed by atoms with E-state index in [1.165, 1.54) is 0 Å². The molecule has 0 N–H and O–H groups in total. The molecular formula is C12H12Cl2FNO3S. The number of alkyl halides is 1. The van der Waals surface area contributed by atoms with Crippen molar-refractivity contribution in [1.29, 1.82) is 0 Å². The van der Waals surface area contributed by atoms with Crippen LogP contribution in [0.15, 0.2) is 30.9 Å². The van der Waals surface area contributed by atoms with Gasteiger partial charge in [0.2, 0.25) is 15.9 Å². The SMILES string of the molecule is C=CC(CCl)S(=O)(=O)N(C(C)=O)c1ccc(F)cc1Cl. The quantitative estimate of drug-likeness (QED) is 0.612. The maximum atomic E-state index is 13.0. The minimum absolute atomic E-state index is 0.127. The Morgan fingerprint density at radius 3 is 2.55 bits per heavy atom. The summed E-state index contributed by atoms with van der Waals surface area (Å²) in [5, 5.41) is -1.35. The van der Waals surface area contributed by atoms with Gasteiger partial charge in [-0.05, 0) is 18.2 Å². The minimum atomic E-state index is -4.12. The Labute approximate surface area is 126 Å². The smallest absolute Gasteiger partial charge is 0.249 e. The molecule has 0 heterocycles. The summed E-state index contributed by atoms with van der Waals surface area (Å²) in [5.74, 6) is -1.69. The van der Waals surface area contributed by atoms with Crippen molar-refractivity contribution in [2.75, 3.05) is 10.2 Å². The summed E-state index contributed by atoms with van der Waals surface area (Å²) in [6.45, 7) is 4.44. The monoisotopic (exact) mass is 339 g/mol. The van der Waals surface area contributed by atoms with Crippen molar-refractivity contribution in [1.82, 2.24) is 0 Å². The molecule has 1 atom stereocenters. The number of sulfonamides is 1. The van der Waals surface area contributed by atoms with Crippen LogP contribution in [0.2, 0.25) is 5.02 Å². The average molecular weight is 340 g/mol. The molecule has 20 heavy (non-hydrogen) atoms. The molecule has 0 spiro atoms. The third-order valence-electron chi connectivity index (χ3n) is 2.47. The van der Waals surface area contributed by atoms with Crippen molar-refractivity contribution in [2.24, 2.45) is 0 Å². The predicted octanol–water partition coefficient (Wildman–Crippen LogP) is 2.96. The van der Waals surface area contributed by atoms with E-state index in [1.54, 1.807) is 0 Å². The number of halogens is 3. The molecule has 8 heteroatoms. The van der Waals surface area contributed by atoms with Gasteiger partial charge in [-0.15, -0.1) is 18.2 Å². The van der Waals surface area contributed by atoms with E-state index in [2.05, 4.69) is 6.58 Å². The maximum absolute atomic E-state index is 13.0. The molecule has 1 unspecified atom stereocenters. The van der Waals surface area contributed by atoms with Gasteiger partial charge in [-0.3, -0.25) is 4.79 Å². The molecule has 1 rings (SSSR count). The molecule has 0 saturated carbocycles. The van der Waals surface area contributed by atoms with Crippen LogP contribution in [0.5, 0.6) is 0 Å². The predicted molar refractivity (Wildman–Crippen MR) is 78.2 cm³/mol. The first kappa shape index (κ1) is 16.9. The van der Waals surface area contributed by atoms with Crippen LogP contribution >= 0.6 is 23.2 Å². The number of hydrogen-bond acceptors (Lipinski definition) is 3. The van der Waals surface area contributed by atoms with Crippen molar-refractivity contribution < 1.29 is 17.6 Å². The molecule has 4 nitrogen and oxygen atoms in total.